The number of benzene rings is 1. The predicted molar refractivity (Wildman–Crippen MR) is 82.3 cm³/mol. The summed E-state index contributed by atoms with van der Waals surface area (Å²) in [4.78, 5) is 13.9. The highest BCUT2D eigenvalue weighted by atomic mass is 32.2. The molecule has 0 saturated carbocycles. The van der Waals surface area contributed by atoms with E-state index in [0.29, 0.717) is 26.1 Å². The van der Waals surface area contributed by atoms with Crippen LogP contribution >= 0.6 is 0 Å². The van der Waals surface area contributed by atoms with Crippen LogP contribution in [-0.4, -0.2) is 56.6 Å². The number of hydrogen-bond acceptors (Lipinski definition) is 4. The lowest BCUT2D eigenvalue weighted by atomic mass is 10.1. The fraction of sp³-hybridized carbons (Fsp3) is 0.533. The van der Waals surface area contributed by atoms with E-state index in [4.69, 9.17) is 4.74 Å². The maximum absolute atomic E-state index is 13.0. The molecule has 0 unspecified atom stereocenters. The molecular formula is C15H19FN2O4S. The Morgan fingerprint density at radius 2 is 2.04 bits per heavy atom. The van der Waals surface area contributed by atoms with E-state index in [-0.39, 0.29) is 35.5 Å². The number of urea groups is 1. The van der Waals surface area contributed by atoms with Gasteiger partial charge < -0.3 is 15.0 Å². The third-order valence-electron chi connectivity index (χ3n) is 4.16. The van der Waals surface area contributed by atoms with Crippen molar-refractivity contribution in [3.05, 3.63) is 35.6 Å². The summed E-state index contributed by atoms with van der Waals surface area (Å²) < 4.78 is 41.5. The highest BCUT2D eigenvalue weighted by Crippen LogP contribution is 2.22. The Bertz CT molecular complexity index is 677. The lowest BCUT2D eigenvalue weighted by Gasteiger charge is -2.33. The highest BCUT2D eigenvalue weighted by Gasteiger charge is 2.31. The van der Waals surface area contributed by atoms with Crippen LogP contribution < -0.4 is 5.32 Å². The van der Waals surface area contributed by atoms with Gasteiger partial charge in [-0.05, 0) is 24.1 Å². The van der Waals surface area contributed by atoms with Gasteiger partial charge in [-0.25, -0.2) is 17.6 Å². The Labute approximate surface area is 134 Å². The molecule has 8 heteroatoms. The maximum atomic E-state index is 13.0. The molecule has 2 fully saturated rings. The van der Waals surface area contributed by atoms with Crippen molar-refractivity contribution in [2.24, 2.45) is 0 Å². The number of halogens is 1. The molecule has 1 aromatic carbocycles. The maximum Gasteiger partial charge on any atom is 0.317 e. The normalized spacial score (nSPS) is 26.9. The van der Waals surface area contributed by atoms with E-state index >= 15 is 0 Å². The van der Waals surface area contributed by atoms with Gasteiger partial charge in [-0.15, -0.1) is 0 Å². The molecule has 2 aliphatic heterocycles. The molecule has 0 radical (unpaired) electrons. The summed E-state index contributed by atoms with van der Waals surface area (Å²) in [7, 11) is -3.02. The molecule has 2 aliphatic rings. The molecule has 6 nitrogen and oxygen atoms in total. The molecule has 2 saturated heterocycles. The summed E-state index contributed by atoms with van der Waals surface area (Å²) in [5, 5.41) is 2.78. The van der Waals surface area contributed by atoms with Crippen LogP contribution in [0.2, 0.25) is 0 Å². The third-order valence-corrected chi connectivity index (χ3v) is 5.92. The standard InChI is InChI=1S/C15H19FN2O4S/c16-12-3-1-11(2-4-12)14-9-18(6-7-22-14)15(19)17-13-5-8-23(20,21)10-13/h1-4,13-14H,5-10H2,(H,17,19)/t13-,14-/m1/s1. The van der Waals surface area contributed by atoms with Crippen molar-refractivity contribution in [2.75, 3.05) is 31.2 Å². The zero-order valence-electron chi connectivity index (χ0n) is 12.6. The Balaban J connectivity index is 1.59. The predicted octanol–water partition coefficient (Wildman–Crippen LogP) is 1.10. The van der Waals surface area contributed by atoms with E-state index in [1.807, 2.05) is 0 Å². The van der Waals surface area contributed by atoms with Crippen LogP contribution in [0, 0.1) is 5.82 Å². The van der Waals surface area contributed by atoms with Gasteiger partial charge in [0.15, 0.2) is 9.84 Å². The Morgan fingerprint density at radius 1 is 1.30 bits per heavy atom. The van der Waals surface area contributed by atoms with Crippen LogP contribution in [0.4, 0.5) is 9.18 Å². The first kappa shape index (κ1) is 16.2. The van der Waals surface area contributed by atoms with Crippen LogP contribution in [0.3, 0.4) is 0 Å². The van der Waals surface area contributed by atoms with Gasteiger partial charge in [0.1, 0.15) is 11.9 Å². The largest absolute Gasteiger partial charge is 0.370 e. The van der Waals surface area contributed by atoms with E-state index < -0.39 is 9.84 Å². The average molecular weight is 342 g/mol. The van der Waals surface area contributed by atoms with Crippen molar-refractivity contribution in [3.63, 3.8) is 0 Å². The van der Waals surface area contributed by atoms with Gasteiger partial charge in [0.2, 0.25) is 0 Å². The van der Waals surface area contributed by atoms with Gasteiger partial charge in [-0.1, -0.05) is 12.1 Å². The van der Waals surface area contributed by atoms with Crippen LogP contribution in [0.5, 0.6) is 0 Å². The Hall–Kier alpha value is -1.67. The third kappa shape index (κ3) is 4.00. The Kier molecular flexibility index (Phi) is 4.54. The average Bonchev–Trinajstić information content (AvgIpc) is 2.87. The molecule has 23 heavy (non-hydrogen) atoms. The molecular weight excluding hydrogens is 323 g/mol. The molecule has 126 valence electrons. The van der Waals surface area contributed by atoms with Crippen LogP contribution in [0.1, 0.15) is 18.1 Å². The number of sulfone groups is 1. The van der Waals surface area contributed by atoms with Gasteiger partial charge >= 0.3 is 6.03 Å². The van der Waals surface area contributed by atoms with Gasteiger partial charge in [0.05, 0.1) is 24.7 Å². The number of carbonyl (C=O) groups excluding carboxylic acids is 1. The fourth-order valence-electron chi connectivity index (χ4n) is 2.89. The molecule has 0 bridgehead atoms. The number of nitrogens with zero attached hydrogens (tertiary/aromatic N) is 1. The molecule has 0 spiro atoms. The van der Waals surface area contributed by atoms with E-state index in [2.05, 4.69) is 5.32 Å². The number of ether oxygens (including phenoxy) is 1. The second kappa shape index (κ2) is 6.45. The van der Waals surface area contributed by atoms with E-state index in [0.717, 1.165) is 5.56 Å². The molecule has 1 N–H and O–H groups in total. The van der Waals surface area contributed by atoms with Gasteiger partial charge in [0.25, 0.3) is 0 Å². The SMILES string of the molecule is O=C(N[C@@H]1CCS(=O)(=O)C1)N1CCO[C@@H](c2ccc(F)cc2)C1. The smallest absolute Gasteiger partial charge is 0.317 e. The molecule has 2 amide bonds. The second-order valence-electron chi connectivity index (χ2n) is 5.91. The van der Waals surface area contributed by atoms with Crippen molar-refractivity contribution in [3.8, 4) is 0 Å². The van der Waals surface area contributed by atoms with E-state index in [1.165, 1.54) is 12.1 Å². The lowest BCUT2D eigenvalue weighted by molar-refractivity contribution is -0.0157. The number of hydrogen-bond donors (Lipinski definition) is 1. The number of rotatable bonds is 2. The molecule has 2 heterocycles. The quantitative estimate of drug-likeness (QED) is 0.873. The zero-order valence-corrected chi connectivity index (χ0v) is 13.4. The van der Waals surface area contributed by atoms with Crippen molar-refractivity contribution < 1.29 is 22.3 Å². The Morgan fingerprint density at radius 3 is 2.70 bits per heavy atom. The molecule has 0 aliphatic carbocycles. The van der Waals surface area contributed by atoms with E-state index in [1.54, 1.807) is 17.0 Å². The fourth-order valence-corrected chi connectivity index (χ4v) is 4.56. The summed E-state index contributed by atoms with van der Waals surface area (Å²) >= 11 is 0. The summed E-state index contributed by atoms with van der Waals surface area (Å²) in [6, 6.07) is 5.42. The molecule has 3 rings (SSSR count). The van der Waals surface area contributed by atoms with Crippen molar-refractivity contribution in [2.45, 2.75) is 18.6 Å². The first-order chi connectivity index (χ1) is 10.9. The molecule has 2 atom stereocenters. The minimum atomic E-state index is -3.02. The van der Waals surface area contributed by atoms with Gasteiger partial charge in [-0.3, -0.25) is 0 Å². The zero-order chi connectivity index (χ0) is 16.4. The van der Waals surface area contributed by atoms with Crippen LogP contribution in [0.15, 0.2) is 24.3 Å². The number of morpholine rings is 1. The summed E-state index contributed by atoms with van der Waals surface area (Å²) in [5.74, 6) is -0.189. The summed E-state index contributed by atoms with van der Waals surface area (Å²) in [6.07, 6.45) is 0.155. The van der Waals surface area contributed by atoms with E-state index in [9.17, 15) is 17.6 Å². The number of amides is 2. The van der Waals surface area contributed by atoms with Gasteiger partial charge in [0, 0.05) is 12.6 Å². The molecule has 1 aromatic rings. The summed E-state index contributed by atoms with van der Waals surface area (Å²) in [5.41, 5.74) is 0.812. The first-order valence-electron chi connectivity index (χ1n) is 7.56. The monoisotopic (exact) mass is 342 g/mol. The topological polar surface area (TPSA) is 75.7 Å². The highest BCUT2D eigenvalue weighted by molar-refractivity contribution is 7.91. The number of carbonyl (C=O) groups is 1. The summed E-state index contributed by atoms with van der Waals surface area (Å²) in [6.45, 7) is 1.19. The van der Waals surface area contributed by atoms with Crippen molar-refractivity contribution in [1.82, 2.24) is 10.2 Å². The van der Waals surface area contributed by atoms with Crippen molar-refractivity contribution in [1.29, 1.82) is 0 Å². The number of nitrogens with one attached hydrogen (secondary N) is 1. The van der Waals surface area contributed by atoms with Crippen molar-refractivity contribution >= 4 is 15.9 Å². The minimum absolute atomic E-state index is 0.00444. The van der Waals surface area contributed by atoms with Gasteiger partial charge in [-0.2, -0.15) is 0 Å². The van der Waals surface area contributed by atoms with Crippen LogP contribution in [-0.2, 0) is 14.6 Å². The first-order valence-corrected chi connectivity index (χ1v) is 9.38. The van der Waals surface area contributed by atoms with Crippen LogP contribution in [0.25, 0.3) is 0 Å². The molecule has 0 aromatic heterocycles. The lowest BCUT2D eigenvalue weighted by Crippen LogP contribution is -2.50. The minimum Gasteiger partial charge on any atom is -0.370 e. The second-order valence-corrected chi connectivity index (χ2v) is 8.14.